The van der Waals surface area contributed by atoms with Crippen molar-refractivity contribution in [1.82, 2.24) is 19.4 Å². The number of rotatable bonds is 3. The number of nitrogens with zero attached hydrogens (tertiary/aromatic N) is 4. The fourth-order valence-electron chi connectivity index (χ4n) is 4.48. The van der Waals surface area contributed by atoms with Crippen molar-refractivity contribution in [2.75, 3.05) is 13.1 Å². The van der Waals surface area contributed by atoms with Crippen LogP contribution in [0.15, 0.2) is 60.9 Å². The molecule has 0 amide bonds. The molecule has 5 rings (SSSR count). The summed E-state index contributed by atoms with van der Waals surface area (Å²) in [5, 5.41) is 1.21. The zero-order valence-corrected chi connectivity index (χ0v) is 17.7. The molecule has 1 aliphatic rings. The zero-order valence-electron chi connectivity index (χ0n) is 17.7. The first-order valence-electron chi connectivity index (χ1n) is 10.7. The molecular formula is C25H30N4. The fraction of sp³-hybridized carbons (Fsp3) is 0.360. The summed E-state index contributed by atoms with van der Waals surface area (Å²) in [5.41, 5.74) is 6.18. The lowest BCUT2D eigenvalue weighted by Crippen LogP contribution is -2.34. The van der Waals surface area contributed by atoms with Crippen molar-refractivity contribution < 1.29 is 0 Å². The Kier molecular flexibility index (Phi) is 5.91. The summed E-state index contributed by atoms with van der Waals surface area (Å²) in [4.78, 5) is 11.6. The molecule has 0 spiro atoms. The van der Waals surface area contributed by atoms with Crippen molar-refractivity contribution in [1.29, 1.82) is 0 Å². The van der Waals surface area contributed by atoms with Crippen LogP contribution in [0.5, 0.6) is 0 Å². The highest BCUT2D eigenvalue weighted by Gasteiger charge is 2.24. The first kappa shape index (κ1) is 19.6. The maximum atomic E-state index is 4.53. The third-order valence-corrected chi connectivity index (χ3v) is 5.85. The SMILES string of the molecule is CC.Cn1c(C2CCCN(Cc3ccc4cccnc4c3)C2)cc2ncccc21. The van der Waals surface area contributed by atoms with E-state index in [1.54, 1.807) is 0 Å². The monoisotopic (exact) mass is 386 g/mol. The summed E-state index contributed by atoms with van der Waals surface area (Å²) in [7, 11) is 2.17. The standard InChI is InChI=1S/C23H24N4.C2H6/c1-26-22-7-3-11-25-21(22)14-23(26)19-6-4-12-27(16-19)15-17-8-9-18-5-2-10-24-20(18)13-17;1-2/h2-3,5,7-11,13-14,19H,4,6,12,15-16H2,1H3;1-2H3. The van der Waals surface area contributed by atoms with E-state index in [2.05, 4.69) is 62.9 Å². The van der Waals surface area contributed by atoms with E-state index in [0.29, 0.717) is 5.92 Å². The lowest BCUT2D eigenvalue weighted by molar-refractivity contribution is 0.197. The number of benzene rings is 1. The molecule has 4 heteroatoms. The van der Waals surface area contributed by atoms with E-state index in [1.165, 1.54) is 41.5 Å². The Bertz CT molecular complexity index is 1100. The summed E-state index contributed by atoms with van der Waals surface area (Å²) in [6.07, 6.45) is 6.25. The van der Waals surface area contributed by atoms with Crippen molar-refractivity contribution in [3.8, 4) is 0 Å². The lowest BCUT2D eigenvalue weighted by Gasteiger charge is -2.33. The van der Waals surface area contributed by atoms with Crippen LogP contribution in [0.2, 0.25) is 0 Å². The summed E-state index contributed by atoms with van der Waals surface area (Å²) in [6, 6.07) is 17.3. The second kappa shape index (κ2) is 8.75. The van der Waals surface area contributed by atoms with E-state index in [0.717, 1.165) is 24.1 Å². The first-order chi connectivity index (χ1) is 14.3. The maximum Gasteiger partial charge on any atom is 0.0883 e. The largest absolute Gasteiger partial charge is 0.346 e. The normalized spacial score (nSPS) is 17.3. The molecule has 1 aromatic carbocycles. The van der Waals surface area contributed by atoms with Gasteiger partial charge in [-0.1, -0.05) is 32.0 Å². The Labute approximate surface area is 173 Å². The van der Waals surface area contributed by atoms with Crippen LogP contribution >= 0.6 is 0 Å². The van der Waals surface area contributed by atoms with E-state index in [-0.39, 0.29) is 0 Å². The minimum absolute atomic E-state index is 0.566. The van der Waals surface area contributed by atoms with Gasteiger partial charge >= 0.3 is 0 Å². The highest BCUT2D eigenvalue weighted by Crippen LogP contribution is 2.31. The lowest BCUT2D eigenvalue weighted by atomic mass is 9.94. The van der Waals surface area contributed by atoms with Gasteiger partial charge in [-0.25, -0.2) is 0 Å². The smallest absolute Gasteiger partial charge is 0.0883 e. The topological polar surface area (TPSA) is 34.0 Å². The molecule has 1 atom stereocenters. The van der Waals surface area contributed by atoms with Crippen LogP contribution in [-0.2, 0) is 13.6 Å². The molecule has 1 saturated heterocycles. The van der Waals surface area contributed by atoms with Gasteiger partial charge in [-0.15, -0.1) is 0 Å². The van der Waals surface area contributed by atoms with E-state index >= 15 is 0 Å². The third-order valence-electron chi connectivity index (χ3n) is 5.85. The number of aromatic nitrogens is 3. The van der Waals surface area contributed by atoms with Crippen molar-refractivity contribution in [3.63, 3.8) is 0 Å². The van der Waals surface area contributed by atoms with Gasteiger partial charge in [0.1, 0.15) is 0 Å². The van der Waals surface area contributed by atoms with E-state index in [1.807, 2.05) is 38.4 Å². The molecule has 0 N–H and O–H groups in total. The van der Waals surface area contributed by atoms with Crippen LogP contribution in [0.3, 0.4) is 0 Å². The van der Waals surface area contributed by atoms with Crippen molar-refractivity contribution >= 4 is 21.9 Å². The minimum atomic E-state index is 0.566. The van der Waals surface area contributed by atoms with E-state index in [4.69, 9.17) is 0 Å². The van der Waals surface area contributed by atoms with Crippen LogP contribution in [0.4, 0.5) is 0 Å². The summed E-state index contributed by atoms with van der Waals surface area (Å²) >= 11 is 0. The molecule has 3 aromatic heterocycles. The van der Waals surface area contributed by atoms with Gasteiger partial charge in [-0.3, -0.25) is 14.9 Å². The van der Waals surface area contributed by atoms with Gasteiger partial charge in [0.15, 0.2) is 0 Å². The predicted octanol–water partition coefficient (Wildman–Crippen LogP) is 5.53. The van der Waals surface area contributed by atoms with Crippen LogP contribution in [-0.4, -0.2) is 32.5 Å². The molecule has 1 aliphatic heterocycles. The van der Waals surface area contributed by atoms with Crippen molar-refractivity contribution in [3.05, 3.63) is 72.2 Å². The highest BCUT2D eigenvalue weighted by atomic mass is 15.1. The van der Waals surface area contributed by atoms with Gasteiger partial charge in [0.2, 0.25) is 0 Å². The minimum Gasteiger partial charge on any atom is -0.346 e. The number of pyridine rings is 2. The molecule has 29 heavy (non-hydrogen) atoms. The summed E-state index contributed by atoms with van der Waals surface area (Å²) in [6.45, 7) is 7.26. The average molecular weight is 387 g/mol. The van der Waals surface area contributed by atoms with Gasteiger partial charge in [0, 0.05) is 49.5 Å². The zero-order chi connectivity index (χ0) is 20.2. The molecule has 4 aromatic rings. The Morgan fingerprint density at radius 3 is 2.59 bits per heavy atom. The number of aryl methyl sites for hydroxylation is 1. The molecule has 4 heterocycles. The fourth-order valence-corrected chi connectivity index (χ4v) is 4.48. The van der Waals surface area contributed by atoms with E-state index < -0.39 is 0 Å². The van der Waals surface area contributed by atoms with Crippen LogP contribution in [0, 0.1) is 0 Å². The van der Waals surface area contributed by atoms with Gasteiger partial charge in [0.05, 0.1) is 16.6 Å². The average Bonchev–Trinajstić information content (AvgIpc) is 3.12. The molecule has 4 nitrogen and oxygen atoms in total. The van der Waals surface area contributed by atoms with Crippen LogP contribution < -0.4 is 0 Å². The van der Waals surface area contributed by atoms with E-state index in [9.17, 15) is 0 Å². The molecule has 0 saturated carbocycles. The second-order valence-electron chi connectivity index (χ2n) is 7.64. The van der Waals surface area contributed by atoms with Crippen LogP contribution in [0.1, 0.15) is 43.9 Å². The maximum absolute atomic E-state index is 4.53. The van der Waals surface area contributed by atoms with Gasteiger partial charge < -0.3 is 4.57 Å². The molecular weight excluding hydrogens is 356 g/mol. The number of piperidine rings is 1. The number of fused-ring (bicyclic) bond motifs is 2. The Morgan fingerprint density at radius 2 is 1.76 bits per heavy atom. The Morgan fingerprint density at radius 1 is 0.966 bits per heavy atom. The Balaban J connectivity index is 0.000000994. The molecule has 1 unspecified atom stereocenters. The third kappa shape index (κ3) is 4.03. The number of likely N-dealkylation sites (tertiary alicyclic amines) is 1. The number of hydrogen-bond donors (Lipinski definition) is 0. The van der Waals surface area contributed by atoms with Gasteiger partial charge in [-0.2, -0.15) is 0 Å². The van der Waals surface area contributed by atoms with Crippen molar-refractivity contribution in [2.45, 2.75) is 39.2 Å². The molecule has 0 radical (unpaired) electrons. The predicted molar refractivity (Wildman–Crippen MR) is 121 cm³/mol. The summed E-state index contributed by atoms with van der Waals surface area (Å²) < 4.78 is 2.33. The Hall–Kier alpha value is -2.72. The molecule has 1 fully saturated rings. The molecule has 0 bridgehead atoms. The summed E-state index contributed by atoms with van der Waals surface area (Å²) in [5.74, 6) is 0.566. The van der Waals surface area contributed by atoms with Crippen molar-refractivity contribution in [2.24, 2.45) is 7.05 Å². The van der Waals surface area contributed by atoms with Gasteiger partial charge in [-0.05, 0) is 55.3 Å². The van der Waals surface area contributed by atoms with Gasteiger partial charge in [0.25, 0.3) is 0 Å². The second-order valence-corrected chi connectivity index (χ2v) is 7.64. The first-order valence-corrected chi connectivity index (χ1v) is 10.7. The molecule has 150 valence electrons. The highest BCUT2D eigenvalue weighted by molar-refractivity contribution is 5.79. The number of hydrogen-bond acceptors (Lipinski definition) is 3. The van der Waals surface area contributed by atoms with Crippen LogP contribution in [0.25, 0.3) is 21.9 Å². The quantitative estimate of drug-likeness (QED) is 0.464. The molecule has 0 aliphatic carbocycles.